The van der Waals surface area contributed by atoms with Crippen molar-refractivity contribution >= 4 is 23.2 Å². The summed E-state index contributed by atoms with van der Waals surface area (Å²) < 4.78 is 14.7. The van der Waals surface area contributed by atoms with Gasteiger partial charge in [-0.3, -0.25) is 0 Å². The van der Waals surface area contributed by atoms with Crippen LogP contribution in [0.1, 0.15) is 0 Å². The number of methoxy groups -OCH3 is 2. The molecule has 4 unspecified atom stereocenters. The number of hydrogen-bond acceptors (Lipinski definition) is 3. The predicted molar refractivity (Wildman–Crippen MR) is 44.1 cm³/mol. The monoisotopic (exact) mass is 212 g/mol. The van der Waals surface area contributed by atoms with Crippen molar-refractivity contribution in [2.24, 2.45) is 11.8 Å². The van der Waals surface area contributed by atoms with Gasteiger partial charge in [0.2, 0.25) is 0 Å². The van der Waals surface area contributed by atoms with Gasteiger partial charge in [-0.1, -0.05) is 0 Å². The molecule has 0 bridgehead atoms. The van der Waals surface area contributed by atoms with Crippen LogP contribution in [0.5, 0.6) is 0 Å². The average Bonchev–Trinajstić information content (AvgIpc) is 2.49. The molecule has 1 aliphatic heterocycles. The maximum atomic E-state index is 5.98. The fourth-order valence-corrected chi connectivity index (χ4v) is 2.61. The highest BCUT2D eigenvalue weighted by Crippen LogP contribution is 2.67. The first-order valence-corrected chi connectivity index (χ1v) is 4.47. The van der Waals surface area contributed by atoms with Crippen LogP contribution in [0.4, 0.5) is 0 Å². The molecule has 0 aromatic carbocycles. The molecule has 5 heteroatoms. The van der Waals surface area contributed by atoms with Gasteiger partial charge in [0, 0.05) is 14.2 Å². The molecule has 0 N–H and O–H groups in total. The Bertz CT molecular complexity index is 179. The van der Waals surface area contributed by atoms with Crippen molar-refractivity contribution in [3.63, 3.8) is 0 Å². The molecule has 0 aromatic rings. The molecule has 2 rings (SSSR count). The SMILES string of the molecule is COC1OC(OC)C2C1C2(Cl)Cl. The minimum Gasteiger partial charge on any atom is -0.355 e. The maximum Gasteiger partial charge on any atom is 0.166 e. The Morgan fingerprint density at radius 1 is 1.08 bits per heavy atom. The zero-order valence-corrected chi connectivity index (χ0v) is 8.30. The van der Waals surface area contributed by atoms with E-state index in [1.54, 1.807) is 14.2 Å². The van der Waals surface area contributed by atoms with Crippen LogP contribution < -0.4 is 0 Å². The quantitative estimate of drug-likeness (QED) is 0.648. The first-order chi connectivity index (χ1) is 5.62. The van der Waals surface area contributed by atoms with E-state index in [0.717, 1.165) is 0 Å². The summed E-state index contributed by atoms with van der Waals surface area (Å²) >= 11 is 12.0. The van der Waals surface area contributed by atoms with Gasteiger partial charge in [0.05, 0.1) is 11.8 Å². The Labute approximate surface area is 80.9 Å². The smallest absolute Gasteiger partial charge is 0.166 e. The van der Waals surface area contributed by atoms with Crippen LogP contribution in [0.2, 0.25) is 0 Å². The molecule has 0 spiro atoms. The summed E-state index contributed by atoms with van der Waals surface area (Å²) in [4.78, 5) is 0. The Morgan fingerprint density at radius 3 is 1.75 bits per heavy atom. The van der Waals surface area contributed by atoms with Crippen LogP contribution in [0.15, 0.2) is 0 Å². The lowest BCUT2D eigenvalue weighted by molar-refractivity contribution is -0.208. The van der Waals surface area contributed by atoms with Gasteiger partial charge >= 0.3 is 0 Å². The number of alkyl halides is 2. The fraction of sp³-hybridized carbons (Fsp3) is 1.00. The third-order valence-corrected chi connectivity index (χ3v) is 3.49. The predicted octanol–water partition coefficient (Wildman–Crippen LogP) is 1.38. The van der Waals surface area contributed by atoms with Gasteiger partial charge in [-0.2, -0.15) is 0 Å². The van der Waals surface area contributed by atoms with Crippen molar-refractivity contribution in [1.82, 2.24) is 0 Å². The lowest BCUT2D eigenvalue weighted by atomic mass is 10.3. The van der Waals surface area contributed by atoms with Gasteiger partial charge in [0.1, 0.15) is 4.33 Å². The zero-order valence-electron chi connectivity index (χ0n) is 6.79. The molecule has 1 saturated heterocycles. The molecule has 12 heavy (non-hydrogen) atoms. The molecular formula is C7H10Cl2O3. The summed E-state index contributed by atoms with van der Waals surface area (Å²) in [5, 5.41) is 0. The highest BCUT2D eigenvalue weighted by Gasteiger charge is 2.75. The van der Waals surface area contributed by atoms with Crippen LogP contribution in [0.3, 0.4) is 0 Å². The number of fused-ring (bicyclic) bond motifs is 1. The van der Waals surface area contributed by atoms with Crippen LogP contribution in [0, 0.1) is 11.8 Å². The molecule has 2 fully saturated rings. The van der Waals surface area contributed by atoms with E-state index in [9.17, 15) is 0 Å². The second-order valence-electron chi connectivity index (χ2n) is 3.07. The molecule has 1 saturated carbocycles. The lowest BCUT2D eigenvalue weighted by Crippen LogP contribution is -2.26. The second-order valence-corrected chi connectivity index (χ2v) is 4.51. The van der Waals surface area contributed by atoms with Crippen LogP contribution in [0.25, 0.3) is 0 Å². The van der Waals surface area contributed by atoms with Gasteiger partial charge in [0.25, 0.3) is 0 Å². The summed E-state index contributed by atoms with van der Waals surface area (Å²) in [6.45, 7) is 0. The molecule has 2 aliphatic rings. The summed E-state index contributed by atoms with van der Waals surface area (Å²) in [5.41, 5.74) is 0. The van der Waals surface area contributed by atoms with E-state index in [1.165, 1.54) is 0 Å². The minimum absolute atomic E-state index is 0.0517. The second kappa shape index (κ2) is 2.72. The van der Waals surface area contributed by atoms with E-state index in [-0.39, 0.29) is 24.4 Å². The average molecular weight is 213 g/mol. The Kier molecular flexibility index (Phi) is 2.05. The van der Waals surface area contributed by atoms with Gasteiger partial charge < -0.3 is 14.2 Å². The first-order valence-electron chi connectivity index (χ1n) is 3.71. The number of ether oxygens (including phenoxy) is 3. The first kappa shape index (κ1) is 9.03. The van der Waals surface area contributed by atoms with Crippen LogP contribution >= 0.6 is 23.2 Å². The molecule has 70 valence electrons. The largest absolute Gasteiger partial charge is 0.355 e. The Morgan fingerprint density at radius 2 is 1.50 bits per heavy atom. The van der Waals surface area contributed by atoms with Crippen molar-refractivity contribution in [3.05, 3.63) is 0 Å². The summed E-state index contributed by atoms with van der Waals surface area (Å²) in [6, 6.07) is 0. The third kappa shape index (κ3) is 1.01. The summed E-state index contributed by atoms with van der Waals surface area (Å²) in [6.07, 6.45) is -0.648. The van der Waals surface area contributed by atoms with E-state index < -0.39 is 4.33 Å². The van der Waals surface area contributed by atoms with Crippen molar-refractivity contribution in [3.8, 4) is 0 Å². The summed E-state index contributed by atoms with van der Waals surface area (Å²) in [7, 11) is 3.14. The van der Waals surface area contributed by atoms with E-state index in [0.29, 0.717) is 0 Å². The van der Waals surface area contributed by atoms with Crippen molar-refractivity contribution in [1.29, 1.82) is 0 Å². The highest BCUT2D eigenvalue weighted by molar-refractivity contribution is 6.51. The third-order valence-electron chi connectivity index (χ3n) is 2.49. The molecule has 1 aliphatic carbocycles. The van der Waals surface area contributed by atoms with E-state index in [4.69, 9.17) is 37.4 Å². The van der Waals surface area contributed by atoms with E-state index in [2.05, 4.69) is 0 Å². The highest BCUT2D eigenvalue weighted by atomic mass is 35.5. The topological polar surface area (TPSA) is 27.7 Å². The number of halogens is 2. The van der Waals surface area contributed by atoms with E-state index >= 15 is 0 Å². The molecule has 0 aromatic heterocycles. The minimum atomic E-state index is -0.723. The fourth-order valence-electron chi connectivity index (χ4n) is 1.78. The van der Waals surface area contributed by atoms with Crippen LogP contribution in [-0.4, -0.2) is 31.1 Å². The van der Waals surface area contributed by atoms with Crippen molar-refractivity contribution < 1.29 is 14.2 Å². The molecule has 3 nitrogen and oxygen atoms in total. The standard InChI is InChI=1S/C7H10Cl2O3/c1-10-5-3-4(7(3,8)9)6(11-2)12-5/h3-6H,1-2H3. The van der Waals surface area contributed by atoms with Gasteiger partial charge in [-0.05, 0) is 0 Å². The normalized spacial score (nSPS) is 49.0. The molecule has 0 amide bonds. The van der Waals surface area contributed by atoms with Gasteiger partial charge in [-0.25, -0.2) is 0 Å². The van der Waals surface area contributed by atoms with Gasteiger partial charge in [0.15, 0.2) is 12.6 Å². The Hall–Kier alpha value is 0.460. The van der Waals surface area contributed by atoms with Crippen LogP contribution in [-0.2, 0) is 14.2 Å². The molecule has 0 radical (unpaired) electrons. The maximum absolute atomic E-state index is 5.98. The molecule has 1 heterocycles. The zero-order chi connectivity index (χ0) is 8.93. The lowest BCUT2D eigenvalue weighted by Gasteiger charge is -2.19. The molecular weight excluding hydrogens is 203 g/mol. The van der Waals surface area contributed by atoms with Crippen molar-refractivity contribution in [2.75, 3.05) is 14.2 Å². The molecule has 4 atom stereocenters. The number of hydrogen-bond donors (Lipinski definition) is 0. The number of rotatable bonds is 2. The van der Waals surface area contributed by atoms with E-state index in [1.807, 2.05) is 0 Å². The Balaban J connectivity index is 2.10. The van der Waals surface area contributed by atoms with Gasteiger partial charge in [-0.15, -0.1) is 23.2 Å². The van der Waals surface area contributed by atoms with Crippen molar-refractivity contribution in [2.45, 2.75) is 16.9 Å². The summed E-state index contributed by atoms with van der Waals surface area (Å²) in [5.74, 6) is 0.103.